The zero-order valence-electron chi connectivity index (χ0n) is 18.4. The van der Waals surface area contributed by atoms with Gasteiger partial charge in [-0.25, -0.2) is 14.8 Å². The second kappa shape index (κ2) is 8.43. The minimum absolute atomic E-state index is 0.0772. The van der Waals surface area contributed by atoms with Crippen LogP contribution in [-0.2, 0) is 15.9 Å². The van der Waals surface area contributed by atoms with Gasteiger partial charge in [-0.1, -0.05) is 12.7 Å². The first-order valence-electron chi connectivity index (χ1n) is 11.2. The lowest BCUT2D eigenvalue weighted by molar-refractivity contribution is 0.0865. The highest BCUT2D eigenvalue weighted by molar-refractivity contribution is 5.72. The van der Waals surface area contributed by atoms with Gasteiger partial charge in [-0.05, 0) is 44.0 Å². The van der Waals surface area contributed by atoms with E-state index in [0.717, 1.165) is 42.0 Å². The van der Waals surface area contributed by atoms with Gasteiger partial charge < -0.3 is 20.1 Å². The molecule has 168 valence electrons. The number of nitrogens with zero attached hydrogens (tertiary/aromatic N) is 4. The molecule has 2 saturated heterocycles. The van der Waals surface area contributed by atoms with Crippen LogP contribution in [0.2, 0.25) is 0 Å². The Balaban J connectivity index is 1.61. The van der Waals surface area contributed by atoms with Crippen molar-refractivity contribution in [1.29, 1.82) is 0 Å². The van der Waals surface area contributed by atoms with E-state index in [2.05, 4.69) is 18.4 Å². The van der Waals surface area contributed by atoms with Crippen LogP contribution in [0.4, 0.5) is 16.3 Å². The molecule has 8 nitrogen and oxygen atoms in total. The third-order valence-corrected chi connectivity index (χ3v) is 6.61. The zero-order chi connectivity index (χ0) is 22.2. The number of rotatable bonds is 4. The Kier molecular flexibility index (Phi) is 5.46. The van der Waals surface area contributed by atoms with Crippen LogP contribution in [0, 0.1) is 0 Å². The van der Waals surface area contributed by atoms with E-state index in [1.165, 1.54) is 0 Å². The summed E-state index contributed by atoms with van der Waals surface area (Å²) >= 11 is 0. The molecule has 2 aromatic rings. The molecular formula is C24H29N5O3. The molecule has 3 atom stereocenters. The third kappa shape index (κ3) is 3.58. The minimum Gasteiger partial charge on any atom is -0.445 e. The topological polar surface area (TPSA) is 93.8 Å². The molecule has 2 N–H and O–H groups in total. The predicted octanol–water partition coefficient (Wildman–Crippen LogP) is 3.34. The number of morpholine rings is 1. The van der Waals surface area contributed by atoms with Crippen molar-refractivity contribution < 1.29 is 14.3 Å². The summed E-state index contributed by atoms with van der Waals surface area (Å²) in [5.41, 5.74) is 9.61. The molecule has 2 unspecified atom stereocenters. The van der Waals surface area contributed by atoms with Crippen molar-refractivity contribution in [3.8, 4) is 11.4 Å². The molecule has 2 fully saturated rings. The Labute approximate surface area is 188 Å². The Morgan fingerprint density at radius 3 is 2.88 bits per heavy atom. The molecule has 0 aliphatic carbocycles. The Hall–Kier alpha value is -3.13. The molecule has 0 saturated carbocycles. The number of nitrogens with two attached hydrogens (primary N) is 1. The molecule has 3 aliphatic rings. The lowest BCUT2D eigenvalue weighted by atomic mass is 9.97. The molecule has 32 heavy (non-hydrogen) atoms. The first kappa shape index (κ1) is 20.8. The van der Waals surface area contributed by atoms with Crippen molar-refractivity contribution in [2.24, 2.45) is 0 Å². The standard InChI is InChI=1S/C24H29N5O3/c1-3-11-32-24(30)29-18-8-9-20(29)21-19(13-18)26-22(16-4-6-17(25)7-5-16)27-23(21)28-10-12-31-14-15(28)2/h3-7,15,18,20H,1,8-14,25H2,2H3/t15-,18?,20?/m0/s1. The van der Waals surface area contributed by atoms with Gasteiger partial charge >= 0.3 is 6.09 Å². The first-order chi connectivity index (χ1) is 15.6. The quantitative estimate of drug-likeness (QED) is 0.581. The Morgan fingerprint density at radius 1 is 1.31 bits per heavy atom. The largest absolute Gasteiger partial charge is 0.445 e. The first-order valence-corrected chi connectivity index (χ1v) is 11.2. The molecule has 3 aliphatic heterocycles. The average Bonchev–Trinajstić information content (AvgIpc) is 3.11. The lowest BCUT2D eigenvalue weighted by Crippen LogP contribution is -2.47. The molecule has 1 amide bonds. The molecule has 0 spiro atoms. The van der Waals surface area contributed by atoms with Crippen molar-refractivity contribution >= 4 is 17.6 Å². The van der Waals surface area contributed by atoms with Crippen molar-refractivity contribution in [2.45, 2.75) is 44.3 Å². The van der Waals surface area contributed by atoms with Gasteiger partial charge in [0.05, 0.1) is 31.0 Å². The van der Waals surface area contributed by atoms with Gasteiger partial charge in [0, 0.05) is 35.8 Å². The van der Waals surface area contributed by atoms with Crippen molar-refractivity contribution in [2.75, 3.05) is 37.0 Å². The van der Waals surface area contributed by atoms with E-state index < -0.39 is 0 Å². The fourth-order valence-corrected chi connectivity index (χ4v) is 5.09. The summed E-state index contributed by atoms with van der Waals surface area (Å²) in [5, 5.41) is 0. The fraction of sp³-hybridized carbons (Fsp3) is 0.458. The van der Waals surface area contributed by atoms with Crippen LogP contribution in [-0.4, -0.2) is 59.4 Å². The van der Waals surface area contributed by atoms with Gasteiger partial charge in [-0.15, -0.1) is 0 Å². The molecule has 8 heteroatoms. The van der Waals surface area contributed by atoms with E-state index in [1.54, 1.807) is 6.08 Å². The zero-order valence-corrected chi connectivity index (χ0v) is 18.4. The second-order valence-corrected chi connectivity index (χ2v) is 8.69. The third-order valence-electron chi connectivity index (χ3n) is 6.61. The summed E-state index contributed by atoms with van der Waals surface area (Å²) in [5.74, 6) is 1.60. The maximum Gasteiger partial charge on any atom is 0.410 e. The summed E-state index contributed by atoms with van der Waals surface area (Å²) in [6.45, 7) is 8.06. The number of aromatic nitrogens is 2. The van der Waals surface area contributed by atoms with E-state index in [-0.39, 0.29) is 30.8 Å². The van der Waals surface area contributed by atoms with Crippen LogP contribution >= 0.6 is 0 Å². The van der Waals surface area contributed by atoms with Gasteiger partial charge in [-0.2, -0.15) is 0 Å². The number of fused-ring (bicyclic) bond motifs is 4. The van der Waals surface area contributed by atoms with E-state index >= 15 is 0 Å². The molecule has 5 rings (SSSR count). The number of hydrogen-bond donors (Lipinski definition) is 1. The number of benzene rings is 1. The van der Waals surface area contributed by atoms with Crippen LogP contribution in [0.3, 0.4) is 0 Å². The molecule has 4 heterocycles. The van der Waals surface area contributed by atoms with Crippen LogP contribution in [0.1, 0.15) is 37.1 Å². The van der Waals surface area contributed by atoms with Gasteiger partial charge in [0.15, 0.2) is 5.82 Å². The lowest BCUT2D eigenvalue weighted by Gasteiger charge is -2.40. The number of anilines is 2. The van der Waals surface area contributed by atoms with E-state index in [4.69, 9.17) is 25.2 Å². The molecule has 1 aromatic heterocycles. The Morgan fingerprint density at radius 2 is 2.12 bits per heavy atom. The van der Waals surface area contributed by atoms with Gasteiger partial charge in [0.2, 0.25) is 0 Å². The predicted molar refractivity (Wildman–Crippen MR) is 122 cm³/mol. The second-order valence-electron chi connectivity index (χ2n) is 8.69. The normalized spacial score (nSPS) is 24.2. The smallest absolute Gasteiger partial charge is 0.410 e. The summed E-state index contributed by atoms with van der Waals surface area (Å²) in [4.78, 5) is 27.1. The summed E-state index contributed by atoms with van der Waals surface area (Å²) < 4.78 is 11.1. The van der Waals surface area contributed by atoms with E-state index in [9.17, 15) is 4.79 Å². The summed E-state index contributed by atoms with van der Waals surface area (Å²) in [6.07, 6.45) is 3.83. The van der Waals surface area contributed by atoms with E-state index in [1.807, 2.05) is 29.2 Å². The number of hydrogen-bond acceptors (Lipinski definition) is 7. The highest BCUT2D eigenvalue weighted by atomic mass is 16.6. The van der Waals surface area contributed by atoms with Crippen molar-refractivity contribution in [3.05, 3.63) is 48.2 Å². The minimum atomic E-state index is -0.286. The van der Waals surface area contributed by atoms with Gasteiger partial charge in [0.1, 0.15) is 12.4 Å². The van der Waals surface area contributed by atoms with Crippen LogP contribution in [0.5, 0.6) is 0 Å². The number of nitrogen functional groups attached to an aromatic ring is 1. The number of carbonyl (C=O) groups excluding carboxylic acids is 1. The summed E-state index contributed by atoms with van der Waals surface area (Å²) in [6, 6.07) is 7.86. The monoisotopic (exact) mass is 435 g/mol. The summed E-state index contributed by atoms with van der Waals surface area (Å²) in [7, 11) is 0. The van der Waals surface area contributed by atoms with Crippen molar-refractivity contribution in [3.63, 3.8) is 0 Å². The van der Waals surface area contributed by atoms with Crippen LogP contribution < -0.4 is 10.6 Å². The maximum atomic E-state index is 12.9. The number of amides is 1. The van der Waals surface area contributed by atoms with Gasteiger partial charge in [0.25, 0.3) is 0 Å². The molecule has 2 bridgehead atoms. The molecule has 1 aromatic carbocycles. The highest BCUT2D eigenvalue weighted by Crippen LogP contribution is 2.47. The van der Waals surface area contributed by atoms with Crippen LogP contribution in [0.15, 0.2) is 36.9 Å². The van der Waals surface area contributed by atoms with Crippen molar-refractivity contribution in [1.82, 2.24) is 14.9 Å². The Bertz CT molecular complexity index is 1030. The number of carbonyl (C=O) groups is 1. The van der Waals surface area contributed by atoms with Gasteiger partial charge in [-0.3, -0.25) is 4.90 Å². The fourth-order valence-electron chi connectivity index (χ4n) is 5.09. The molecule has 0 radical (unpaired) electrons. The SMILES string of the molecule is C=CCOC(=O)N1C2CCC1c1c(nc(-c3ccc(N)cc3)nc1N1CCOC[C@@H]1C)C2. The molecular weight excluding hydrogens is 406 g/mol. The van der Waals surface area contributed by atoms with E-state index in [0.29, 0.717) is 31.1 Å². The average molecular weight is 436 g/mol. The highest BCUT2D eigenvalue weighted by Gasteiger charge is 2.46. The maximum absolute atomic E-state index is 12.9. The number of ether oxygens (including phenoxy) is 2. The van der Waals surface area contributed by atoms with Crippen LogP contribution in [0.25, 0.3) is 11.4 Å².